The standard InChI is InChI=1S/C21H25NO4/c1-16-4-3-5-20(14-16)25-13-12-22-21(24)15-26-19-10-8-18(9-11-19)7-6-17(2)23/h3-5,8-11,14H,6-7,12-13,15H2,1-2H3,(H,22,24). The number of hydrogen-bond donors (Lipinski definition) is 1. The smallest absolute Gasteiger partial charge is 0.258 e. The van der Waals surface area contributed by atoms with Crippen molar-refractivity contribution in [2.75, 3.05) is 19.8 Å². The largest absolute Gasteiger partial charge is 0.492 e. The SMILES string of the molecule is CC(=O)CCc1ccc(OCC(=O)NCCOc2cccc(C)c2)cc1. The van der Waals surface area contributed by atoms with Crippen LogP contribution in [-0.2, 0) is 16.0 Å². The van der Waals surface area contributed by atoms with Crippen molar-refractivity contribution in [3.05, 3.63) is 59.7 Å². The molecule has 26 heavy (non-hydrogen) atoms. The third-order valence-corrected chi connectivity index (χ3v) is 3.74. The van der Waals surface area contributed by atoms with Crippen LogP contribution in [0.1, 0.15) is 24.5 Å². The van der Waals surface area contributed by atoms with Gasteiger partial charge in [0.1, 0.15) is 23.9 Å². The van der Waals surface area contributed by atoms with Gasteiger partial charge >= 0.3 is 0 Å². The van der Waals surface area contributed by atoms with Gasteiger partial charge in [-0.05, 0) is 55.7 Å². The minimum Gasteiger partial charge on any atom is -0.492 e. The molecule has 0 aliphatic heterocycles. The lowest BCUT2D eigenvalue weighted by molar-refractivity contribution is -0.123. The number of carbonyl (C=O) groups is 2. The van der Waals surface area contributed by atoms with Crippen LogP contribution in [0.2, 0.25) is 0 Å². The van der Waals surface area contributed by atoms with Gasteiger partial charge in [0, 0.05) is 6.42 Å². The fourth-order valence-corrected chi connectivity index (χ4v) is 2.34. The molecule has 0 aromatic heterocycles. The molecule has 138 valence electrons. The van der Waals surface area contributed by atoms with Crippen LogP contribution in [0.5, 0.6) is 11.5 Å². The molecule has 5 heteroatoms. The van der Waals surface area contributed by atoms with Gasteiger partial charge in [-0.15, -0.1) is 0 Å². The minimum absolute atomic E-state index is 0.0444. The normalized spacial score (nSPS) is 10.2. The third kappa shape index (κ3) is 7.38. The molecule has 1 amide bonds. The lowest BCUT2D eigenvalue weighted by Crippen LogP contribution is -2.32. The maximum absolute atomic E-state index is 11.8. The summed E-state index contributed by atoms with van der Waals surface area (Å²) in [6.45, 7) is 4.36. The van der Waals surface area contributed by atoms with E-state index in [9.17, 15) is 9.59 Å². The van der Waals surface area contributed by atoms with Crippen molar-refractivity contribution in [2.24, 2.45) is 0 Å². The molecule has 0 bridgehead atoms. The molecule has 0 heterocycles. The summed E-state index contributed by atoms with van der Waals surface area (Å²) in [4.78, 5) is 22.8. The van der Waals surface area contributed by atoms with Crippen molar-refractivity contribution < 1.29 is 19.1 Å². The topological polar surface area (TPSA) is 64.6 Å². The zero-order chi connectivity index (χ0) is 18.8. The molecular weight excluding hydrogens is 330 g/mol. The molecule has 5 nitrogen and oxygen atoms in total. The van der Waals surface area contributed by atoms with E-state index in [1.165, 1.54) is 0 Å². The number of ether oxygens (including phenoxy) is 2. The van der Waals surface area contributed by atoms with E-state index in [4.69, 9.17) is 9.47 Å². The molecule has 0 radical (unpaired) electrons. The van der Waals surface area contributed by atoms with Crippen LogP contribution in [0.4, 0.5) is 0 Å². The highest BCUT2D eigenvalue weighted by Gasteiger charge is 2.03. The lowest BCUT2D eigenvalue weighted by atomic mass is 10.1. The predicted molar refractivity (Wildman–Crippen MR) is 101 cm³/mol. The first kappa shape index (κ1) is 19.5. The van der Waals surface area contributed by atoms with Crippen molar-refractivity contribution in [2.45, 2.75) is 26.7 Å². The first-order valence-corrected chi connectivity index (χ1v) is 8.70. The van der Waals surface area contributed by atoms with Crippen LogP contribution in [0, 0.1) is 6.92 Å². The molecule has 0 spiro atoms. The number of hydrogen-bond acceptors (Lipinski definition) is 4. The van der Waals surface area contributed by atoms with E-state index in [2.05, 4.69) is 5.32 Å². The van der Waals surface area contributed by atoms with E-state index in [0.29, 0.717) is 25.3 Å². The Balaban J connectivity index is 1.63. The number of ketones is 1. The molecule has 0 atom stereocenters. The monoisotopic (exact) mass is 355 g/mol. The van der Waals surface area contributed by atoms with Crippen molar-refractivity contribution >= 4 is 11.7 Å². The number of amides is 1. The third-order valence-electron chi connectivity index (χ3n) is 3.74. The highest BCUT2D eigenvalue weighted by atomic mass is 16.5. The van der Waals surface area contributed by atoms with E-state index in [1.807, 2.05) is 55.5 Å². The summed E-state index contributed by atoms with van der Waals surface area (Å²) in [5.74, 6) is 1.40. The van der Waals surface area contributed by atoms with Crippen LogP contribution in [0.25, 0.3) is 0 Å². The van der Waals surface area contributed by atoms with Gasteiger partial charge in [-0.25, -0.2) is 0 Å². The van der Waals surface area contributed by atoms with Gasteiger partial charge in [0.25, 0.3) is 5.91 Å². The molecule has 0 fully saturated rings. The second-order valence-corrected chi connectivity index (χ2v) is 6.15. The Bertz CT molecular complexity index is 725. The van der Waals surface area contributed by atoms with Gasteiger partial charge < -0.3 is 19.6 Å². The molecule has 0 saturated heterocycles. The number of carbonyl (C=O) groups excluding carboxylic acids is 2. The molecular formula is C21H25NO4. The highest BCUT2D eigenvalue weighted by molar-refractivity contribution is 5.77. The summed E-state index contributed by atoms with van der Waals surface area (Å²) in [7, 11) is 0. The summed E-state index contributed by atoms with van der Waals surface area (Å²) in [6.07, 6.45) is 1.25. The van der Waals surface area contributed by atoms with Crippen molar-refractivity contribution in [3.63, 3.8) is 0 Å². The number of aryl methyl sites for hydroxylation is 2. The Morgan fingerprint density at radius 1 is 1.00 bits per heavy atom. The average molecular weight is 355 g/mol. The van der Waals surface area contributed by atoms with Crippen LogP contribution in [0.3, 0.4) is 0 Å². The first-order chi connectivity index (χ1) is 12.5. The Hall–Kier alpha value is -2.82. The van der Waals surface area contributed by atoms with Gasteiger partial charge in [0.15, 0.2) is 6.61 Å². The number of Topliss-reactive ketones (excluding diaryl/α,β-unsaturated/α-hetero) is 1. The minimum atomic E-state index is -0.196. The van der Waals surface area contributed by atoms with Gasteiger partial charge in [0.05, 0.1) is 6.54 Å². The van der Waals surface area contributed by atoms with Crippen molar-refractivity contribution in [1.29, 1.82) is 0 Å². The van der Waals surface area contributed by atoms with Gasteiger partial charge in [-0.2, -0.15) is 0 Å². The first-order valence-electron chi connectivity index (χ1n) is 8.70. The molecule has 0 aliphatic rings. The molecule has 2 aromatic rings. The summed E-state index contributed by atoms with van der Waals surface area (Å²) >= 11 is 0. The molecule has 0 unspecified atom stereocenters. The summed E-state index contributed by atoms with van der Waals surface area (Å²) in [5.41, 5.74) is 2.21. The Morgan fingerprint density at radius 3 is 2.46 bits per heavy atom. The van der Waals surface area contributed by atoms with E-state index < -0.39 is 0 Å². The highest BCUT2D eigenvalue weighted by Crippen LogP contribution is 2.13. The van der Waals surface area contributed by atoms with Crippen molar-refractivity contribution in [1.82, 2.24) is 5.32 Å². The molecule has 1 N–H and O–H groups in total. The van der Waals surface area contributed by atoms with E-state index >= 15 is 0 Å². The molecule has 0 saturated carbocycles. The van der Waals surface area contributed by atoms with Crippen LogP contribution >= 0.6 is 0 Å². The maximum atomic E-state index is 11.8. The fraction of sp³-hybridized carbons (Fsp3) is 0.333. The summed E-state index contributed by atoms with van der Waals surface area (Å²) < 4.78 is 11.0. The second kappa shape index (κ2) is 10.2. The fourth-order valence-electron chi connectivity index (χ4n) is 2.34. The average Bonchev–Trinajstić information content (AvgIpc) is 2.63. The predicted octanol–water partition coefficient (Wildman–Crippen LogP) is 3.09. The molecule has 2 aromatic carbocycles. The zero-order valence-electron chi connectivity index (χ0n) is 15.3. The number of nitrogens with one attached hydrogen (secondary N) is 1. The summed E-state index contributed by atoms with van der Waals surface area (Å²) in [5, 5.41) is 2.76. The maximum Gasteiger partial charge on any atom is 0.258 e. The van der Waals surface area contributed by atoms with Gasteiger partial charge in [0.2, 0.25) is 0 Å². The van der Waals surface area contributed by atoms with E-state index in [-0.39, 0.29) is 18.3 Å². The molecule has 0 aliphatic carbocycles. The Labute approximate surface area is 154 Å². The lowest BCUT2D eigenvalue weighted by Gasteiger charge is -2.09. The van der Waals surface area contributed by atoms with Gasteiger partial charge in [-0.3, -0.25) is 4.79 Å². The number of rotatable bonds is 10. The van der Waals surface area contributed by atoms with Crippen LogP contribution in [-0.4, -0.2) is 31.4 Å². The zero-order valence-corrected chi connectivity index (χ0v) is 15.3. The van der Waals surface area contributed by atoms with Crippen molar-refractivity contribution in [3.8, 4) is 11.5 Å². The van der Waals surface area contributed by atoms with E-state index in [1.54, 1.807) is 6.92 Å². The van der Waals surface area contributed by atoms with E-state index in [0.717, 1.165) is 23.3 Å². The van der Waals surface area contributed by atoms with Crippen LogP contribution < -0.4 is 14.8 Å². The van der Waals surface area contributed by atoms with Gasteiger partial charge in [-0.1, -0.05) is 24.3 Å². The second-order valence-electron chi connectivity index (χ2n) is 6.15. The summed E-state index contributed by atoms with van der Waals surface area (Å²) in [6, 6.07) is 15.2. The number of benzene rings is 2. The quantitative estimate of drug-likeness (QED) is 0.665. The Morgan fingerprint density at radius 2 is 1.77 bits per heavy atom. The molecule has 2 rings (SSSR count). The Kier molecular flexibility index (Phi) is 7.68. The van der Waals surface area contributed by atoms with Crippen LogP contribution in [0.15, 0.2) is 48.5 Å².